The topological polar surface area (TPSA) is 67.4 Å². The largest absolute Gasteiger partial charge is 0.444 e. The molecule has 1 aromatic rings. The zero-order valence-electron chi connectivity index (χ0n) is 13.0. The van der Waals surface area contributed by atoms with Crippen molar-refractivity contribution in [2.45, 2.75) is 44.2 Å². The molecule has 0 bridgehead atoms. The first kappa shape index (κ1) is 17.4. The SMILES string of the molecule is CSc1ccc(NC(=O)C(C)NC(=O)OC(C)(C)C)cc1. The fraction of sp³-hybridized carbons (Fsp3) is 0.467. The molecule has 5 nitrogen and oxygen atoms in total. The lowest BCUT2D eigenvalue weighted by Crippen LogP contribution is -2.43. The molecule has 6 heteroatoms. The van der Waals surface area contributed by atoms with E-state index in [1.165, 1.54) is 0 Å². The summed E-state index contributed by atoms with van der Waals surface area (Å²) in [6.07, 6.45) is 1.38. The van der Waals surface area contributed by atoms with Crippen LogP contribution in [-0.4, -0.2) is 29.9 Å². The first-order valence-electron chi connectivity index (χ1n) is 6.65. The van der Waals surface area contributed by atoms with Crippen molar-refractivity contribution in [3.8, 4) is 0 Å². The summed E-state index contributed by atoms with van der Waals surface area (Å²) in [4.78, 5) is 24.7. The predicted molar refractivity (Wildman–Crippen MR) is 85.7 cm³/mol. The highest BCUT2D eigenvalue weighted by Crippen LogP contribution is 2.17. The number of alkyl carbamates (subject to hydrolysis) is 1. The van der Waals surface area contributed by atoms with Crippen LogP contribution in [0.5, 0.6) is 0 Å². The predicted octanol–water partition coefficient (Wildman–Crippen LogP) is 3.26. The number of thioether (sulfide) groups is 1. The number of amides is 2. The van der Waals surface area contributed by atoms with E-state index in [0.29, 0.717) is 5.69 Å². The van der Waals surface area contributed by atoms with Gasteiger partial charge >= 0.3 is 6.09 Å². The molecule has 0 spiro atoms. The van der Waals surface area contributed by atoms with Crippen LogP contribution in [0.2, 0.25) is 0 Å². The summed E-state index contributed by atoms with van der Waals surface area (Å²) in [5.41, 5.74) is 0.101. The Balaban J connectivity index is 2.52. The lowest BCUT2D eigenvalue weighted by atomic mass is 10.2. The summed E-state index contributed by atoms with van der Waals surface area (Å²) in [5, 5.41) is 5.24. The van der Waals surface area contributed by atoms with Crippen molar-refractivity contribution < 1.29 is 14.3 Å². The van der Waals surface area contributed by atoms with Gasteiger partial charge in [-0.3, -0.25) is 4.79 Å². The van der Waals surface area contributed by atoms with Gasteiger partial charge in [-0.15, -0.1) is 11.8 Å². The van der Waals surface area contributed by atoms with Gasteiger partial charge in [-0.1, -0.05) is 0 Å². The minimum Gasteiger partial charge on any atom is -0.444 e. The molecule has 0 heterocycles. The van der Waals surface area contributed by atoms with E-state index in [1.54, 1.807) is 39.5 Å². The molecule has 0 aliphatic heterocycles. The fourth-order valence-electron chi connectivity index (χ4n) is 1.47. The molecule has 21 heavy (non-hydrogen) atoms. The Kier molecular flexibility index (Phi) is 6.08. The standard InChI is InChI=1S/C15H22N2O3S/c1-10(16-14(19)20-15(2,3)4)13(18)17-11-6-8-12(21-5)9-7-11/h6-10H,1-5H3,(H,16,19)(H,17,18). The van der Waals surface area contributed by atoms with Crippen LogP contribution >= 0.6 is 11.8 Å². The molecule has 0 saturated heterocycles. The maximum Gasteiger partial charge on any atom is 0.408 e. The number of ether oxygens (including phenoxy) is 1. The number of nitrogens with one attached hydrogen (secondary N) is 2. The van der Waals surface area contributed by atoms with Crippen LogP contribution in [0.15, 0.2) is 29.2 Å². The second-order valence-electron chi connectivity index (χ2n) is 5.59. The van der Waals surface area contributed by atoms with Gasteiger partial charge in [0.25, 0.3) is 0 Å². The molecule has 0 radical (unpaired) electrons. The molecular weight excluding hydrogens is 288 g/mol. The maximum atomic E-state index is 12.0. The molecule has 0 aliphatic carbocycles. The summed E-state index contributed by atoms with van der Waals surface area (Å²) in [6.45, 7) is 6.91. The van der Waals surface area contributed by atoms with Crippen LogP contribution in [0.25, 0.3) is 0 Å². The van der Waals surface area contributed by atoms with Crippen LogP contribution in [0.3, 0.4) is 0 Å². The first-order valence-corrected chi connectivity index (χ1v) is 7.88. The van der Waals surface area contributed by atoms with E-state index in [0.717, 1.165) is 4.90 Å². The third kappa shape index (κ3) is 6.53. The van der Waals surface area contributed by atoms with Gasteiger partial charge < -0.3 is 15.4 Å². The molecule has 1 rings (SSSR count). The zero-order valence-corrected chi connectivity index (χ0v) is 13.8. The second kappa shape index (κ2) is 7.36. The highest BCUT2D eigenvalue weighted by molar-refractivity contribution is 7.98. The number of carbonyl (C=O) groups is 2. The Labute approximate surface area is 129 Å². The van der Waals surface area contributed by atoms with Crippen molar-refractivity contribution >= 4 is 29.4 Å². The smallest absolute Gasteiger partial charge is 0.408 e. The highest BCUT2D eigenvalue weighted by Gasteiger charge is 2.20. The van der Waals surface area contributed by atoms with Crippen LogP contribution in [0.4, 0.5) is 10.5 Å². The third-order valence-electron chi connectivity index (χ3n) is 2.48. The molecule has 2 N–H and O–H groups in total. The molecule has 1 aromatic carbocycles. The summed E-state index contributed by atoms with van der Waals surface area (Å²) < 4.78 is 5.11. The van der Waals surface area contributed by atoms with E-state index >= 15 is 0 Å². The van der Waals surface area contributed by atoms with Gasteiger partial charge in [0, 0.05) is 10.6 Å². The number of rotatable bonds is 4. The average molecular weight is 310 g/mol. The number of benzene rings is 1. The van der Waals surface area contributed by atoms with Gasteiger partial charge in [-0.05, 0) is 58.2 Å². The molecule has 116 valence electrons. The summed E-state index contributed by atoms with van der Waals surface area (Å²) in [6, 6.07) is 6.81. The summed E-state index contributed by atoms with van der Waals surface area (Å²) >= 11 is 1.63. The number of hydrogen-bond donors (Lipinski definition) is 2. The lowest BCUT2D eigenvalue weighted by Gasteiger charge is -2.21. The quantitative estimate of drug-likeness (QED) is 0.838. The molecule has 2 amide bonds. The van der Waals surface area contributed by atoms with Crippen LogP contribution in [-0.2, 0) is 9.53 Å². The fourth-order valence-corrected chi connectivity index (χ4v) is 1.88. The Morgan fingerprint density at radius 1 is 1.19 bits per heavy atom. The minimum atomic E-state index is -0.680. The van der Waals surface area contributed by atoms with E-state index in [1.807, 2.05) is 30.5 Å². The van der Waals surface area contributed by atoms with Crippen LogP contribution < -0.4 is 10.6 Å². The normalized spacial score (nSPS) is 12.4. The van der Waals surface area contributed by atoms with Crippen molar-refractivity contribution in [1.29, 1.82) is 0 Å². The molecule has 0 aliphatic rings. The van der Waals surface area contributed by atoms with Crippen molar-refractivity contribution in [1.82, 2.24) is 5.32 Å². The molecule has 1 atom stereocenters. The molecular formula is C15H22N2O3S. The summed E-state index contributed by atoms with van der Waals surface area (Å²) in [7, 11) is 0. The number of carbonyl (C=O) groups excluding carboxylic acids is 2. The third-order valence-corrected chi connectivity index (χ3v) is 3.23. The van der Waals surface area contributed by atoms with Crippen LogP contribution in [0, 0.1) is 0 Å². The van der Waals surface area contributed by atoms with Gasteiger partial charge in [-0.2, -0.15) is 0 Å². The molecule has 0 fully saturated rings. The monoisotopic (exact) mass is 310 g/mol. The Morgan fingerprint density at radius 3 is 2.24 bits per heavy atom. The van der Waals surface area contributed by atoms with Gasteiger partial charge in [0.15, 0.2) is 0 Å². The maximum absolute atomic E-state index is 12.0. The van der Waals surface area contributed by atoms with Crippen molar-refractivity contribution in [2.75, 3.05) is 11.6 Å². The molecule has 0 saturated carbocycles. The summed E-state index contributed by atoms with van der Waals surface area (Å²) in [5.74, 6) is -0.294. The lowest BCUT2D eigenvalue weighted by molar-refractivity contribution is -0.117. The van der Waals surface area contributed by atoms with E-state index in [4.69, 9.17) is 4.74 Å². The second-order valence-corrected chi connectivity index (χ2v) is 6.47. The molecule has 1 unspecified atom stereocenters. The van der Waals surface area contributed by atoms with Crippen LogP contribution in [0.1, 0.15) is 27.7 Å². The van der Waals surface area contributed by atoms with E-state index < -0.39 is 17.7 Å². The zero-order chi connectivity index (χ0) is 16.0. The number of hydrogen-bond acceptors (Lipinski definition) is 4. The Morgan fingerprint density at radius 2 is 1.76 bits per heavy atom. The Hall–Kier alpha value is -1.69. The van der Waals surface area contributed by atoms with E-state index in [-0.39, 0.29) is 5.91 Å². The van der Waals surface area contributed by atoms with E-state index in [9.17, 15) is 9.59 Å². The average Bonchev–Trinajstić information content (AvgIpc) is 2.37. The Bertz CT molecular complexity index is 495. The van der Waals surface area contributed by atoms with Gasteiger partial charge in [-0.25, -0.2) is 4.79 Å². The number of anilines is 1. The minimum absolute atomic E-state index is 0.294. The van der Waals surface area contributed by atoms with Gasteiger partial charge in [0.2, 0.25) is 5.91 Å². The first-order chi connectivity index (χ1) is 9.71. The van der Waals surface area contributed by atoms with Gasteiger partial charge in [0.05, 0.1) is 0 Å². The van der Waals surface area contributed by atoms with Crippen molar-refractivity contribution in [2.24, 2.45) is 0 Å². The van der Waals surface area contributed by atoms with E-state index in [2.05, 4.69) is 10.6 Å². The van der Waals surface area contributed by atoms with Crippen molar-refractivity contribution in [3.63, 3.8) is 0 Å². The highest BCUT2D eigenvalue weighted by atomic mass is 32.2. The van der Waals surface area contributed by atoms with Gasteiger partial charge in [0.1, 0.15) is 11.6 Å². The molecule has 0 aromatic heterocycles. The van der Waals surface area contributed by atoms with Crippen molar-refractivity contribution in [3.05, 3.63) is 24.3 Å².